The predicted molar refractivity (Wildman–Crippen MR) is 94.2 cm³/mol. The van der Waals surface area contributed by atoms with Crippen molar-refractivity contribution in [2.45, 2.75) is 13.5 Å². The molecule has 0 amide bonds. The molecule has 0 aliphatic heterocycles. The fourth-order valence-corrected chi connectivity index (χ4v) is 2.47. The zero-order chi connectivity index (χ0) is 17.8. The van der Waals surface area contributed by atoms with Crippen LogP contribution in [0.2, 0.25) is 0 Å². The predicted octanol–water partition coefficient (Wildman–Crippen LogP) is 3.56. The van der Waals surface area contributed by atoms with Gasteiger partial charge in [0.25, 0.3) is 0 Å². The molecule has 3 aromatic rings. The summed E-state index contributed by atoms with van der Waals surface area (Å²) in [7, 11) is 0. The second-order valence-electron chi connectivity index (χ2n) is 5.63. The Hall–Kier alpha value is -3.34. The number of benzene rings is 2. The fourth-order valence-electron chi connectivity index (χ4n) is 2.47. The van der Waals surface area contributed by atoms with Gasteiger partial charge in [0.15, 0.2) is 0 Å². The normalized spacial score (nSPS) is 11.1. The van der Waals surface area contributed by atoms with E-state index in [1.807, 2.05) is 31.2 Å². The summed E-state index contributed by atoms with van der Waals surface area (Å²) in [6.07, 6.45) is 3.01. The molecular weight excluding hydrogens is 320 g/mol. The minimum absolute atomic E-state index is 0.00844. The summed E-state index contributed by atoms with van der Waals surface area (Å²) in [6, 6.07) is 13.4. The summed E-state index contributed by atoms with van der Waals surface area (Å²) in [5.41, 5.74) is 2.19. The van der Waals surface area contributed by atoms with E-state index in [4.69, 9.17) is 9.15 Å². The Labute approximate surface area is 143 Å². The van der Waals surface area contributed by atoms with Crippen LogP contribution in [0.25, 0.3) is 17.0 Å². The van der Waals surface area contributed by atoms with Crippen molar-refractivity contribution in [2.24, 2.45) is 0 Å². The van der Waals surface area contributed by atoms with E-state index in [9.17, 15) is 14.7 Å². The quantitative estimate of drug-likeness (QED) is 0.448. The average Bonchev–Trinajstić information content (AvgIpc) is 2.57. The van der Waals surface area contributed by atoms with E-state index in [2.05, 4.69) is 0 Å². The van der Waals surface area contributed by atoms with Crippen molar-refractivity contribution in [3.05, 3.63) is 81.7 Å². The molecule has 1 heterocycles. The second kappa shape index (κ2) is 7.05. The highest BCUT2D eigenvalue weighted by Crippen LogP contribution is 2.22. The van der Waals surface area contributed by atoms with Crippen LogP contribution in [0.1, 0.15) is 16.7 Å². The first-order valence-electron chi connectivity index (χ1n) is 7.68. The van der Waals surface area contributed by atoms with Gasteiger partial charge in [-0.3, -0.25) is 0 Å². The first kappa shape index (κ1) is 16.5. The number of phenolic OH excluding ortho intramolecular Hbond substituents is 1. The van der Waals surface area contributed by atoms with E-state index in [0.29, 0.717) is 10.9 Å². The van der Waals surface area contributed by atoms with Gasteiger partial charge in [0.05, 0.1) is 0 Å². The third kappa shape index (κ3) is 4.14. The van der Waals surface area contributed by atoms with Crippen LogP contribution in [0.4, 0.5) is 0 Å². The van der Waals surface area contributed by atoms with Crippen molar-refractivity contribution in [2.75, 3.05) is 0 Å². The minimum atomic E-state index is -0.570. The first-order chi connectivity index (χ1) is 12.0. The van der Waals surface area contributed by atoms with Gasteiger partial charge in [0.1, 0.15) is 17.9 Å². The van der Waals surface area contributed by atoms with Crippen LogP contribution in [0.3, 0.4) is 0 Å². The summed E-state index contributed by atoms with van der Waals surface area (Å²) >= 11 is 0. The Morgan fingerprint density at radius 1 is 1.20 bits per heavy atom. The smallest absolute Gasteiger partial charge is 0.336 e. The van der Waals surface area contributed by atoms with Crippen LogP contribution >= 0.6 is 0 Å². The molecule has 0 aliphatic rings. The average molecular weight is 336 g/mol. The highest BCUT2D eigenvalue weighted by atomic mass is 16.5. The van der Waals surface area contributed by atoms with Crippen molar-refractivity contribution in [1.29, 1.82) is 0 Å². The molecule has 1 aromatic heterocycles. The molecule has 5 heteroatoms. The molecule has 126 valence electrons. The number of aromatic hydroxyl groups is 1. The lowest BCUT2D eigenvalue weighted by atomic mass is 10.1. The number of aryl methyl sites for hydroxylation is 1. The third-order valence-corrected chi connectivity index (χ3v) is 3.64. The van der Waals surface area contributed by atoms with Crippen LogP contribution in [0.5, 0.6) is 5.75 Å². The van der Waals surface area contributed by atoms with Gasteiger partial charge in [-0.25, -0.2) is 9.59 Å². The largest absolute Gasteiger partial charge is 0.508 e. The van der Waals surface area contributed by atoms with E-state index in [0.717, 1.165) is 11.1 Å². The monoisotopic (exact) mass is 336 g/mol. The zero-order valence-corrected chi connectivity index (χ0v) is 13.6. The lowest BCUT2D eigenvalue weighted by Gasteiger charge is -2.06. The molecule has 25 heavy (non-hydrogen) atoms. The highest BCUT2D eigenvalue weighted by molar-refractivity contribution is 5.87. The van der Waals surface area contributed by atoms with Gasteiger partial charge in [-0.2, -0.15) is 0 Å². The van der Waals surface area contributed by atoms with Gasteiger partial charge in [-0.15, -0.1) is 0 Å². The Morgan fingerprint density at radius 3 is 2.84 bits per heavy atom. The molecule has 0 aliphatic carbocycles. The van der Waals surface area contributed by atoms with Crippen LogP contribution in [-0.2, 0) is 16.1 Å². The van der Waals surface area contributed by atoms with Gasteiger partial charge >= 0.3 is 11.6 Å². The summed E-state index contributed by atoms with van der Waals surface area (Å²) in [5.74, 6) is -0.521. The standard InChI is InChI=1S/C20H16O5/c1-13-3-2-4-14(9-13)5-8-19(22)24-12-15-10-20(23)25-18-11-16(21)6-7-17(15)18/h2-11,21H,12H2,1H3/b8-5+. The van der Waals surface area contributed by atoms with Crippen molar-refractivity contribution in [3.8, 4) is 5.75 Å². The minimum Gasteiger partial charge on any atom is -0.508 e. The van der Waals surface area contributed by atoms with Gasteiger partial charge in [-0.1, -0.05) is 29.8 Å². The highest BCUT2D eigenvalue weighted by Gasteiger charge is 2.08. The molecule has 0 bridgehead atoms. The zero-order valence-electron chi connectivity index (χ0n) is 13.6. The van der Waals surface area contributed by atoms with Crippen molar-refractivity contribution < 1.29 is 19.1 Å². The fraction of sp³-hybridized carbons (Fsp3) is 0.100. The molecular formula is C20H16O5. The maximum atomic E-state index is 11.9. The van der Waals surface area contributed by atoms with Crippen LogP contribution in [-0.4, -0.2) is 11.1 Å². The molecule has 5 nitrogen and oxygen atoms in total. The molecule has 0 saturated carbocycles. The molecule has 0 radical (unpaired) electrons. The number of esters is 1. The van der Waals surface area contributed by atoms with E-state index in [1.54, 1.807) is 12.1 Å². The van der Waals surface area contributed by atoms with Crippen molar-refractivity contribution in [3.63, 3.8) is 0 Å². The summed E-state index contributed by atoms with van der Waals surface area (Å²) in [6.45, 7) is 1.91. The lowest BCUT2D eigenvalue weighted by molar-refractivity contribution is -0.138. The number of phenols is 1. The van der Waals surface area contributed by atoms with Crippen LogP contribution < -0.4 is 5.63 Å². The topological polar surface area (TPSA) is 76.7 Å². The maximum absolute atomic E-state index is 11.9. The van der Waals surface area contributed by atoms with E-state index < -0.39 is 11.6 Å². The SMILES string of the molecule is Cc1cccc(/C=C/C(=O)OCc2cc(=O)oc3cc(O)ccc23)c1. The molecule has 0 unspecified atom stereocenters. The number of hydrogen-bond donors (Lipinski definition) is 1. The Kier molecular flexibility index (Phi) is 4.66. The molecule has 2 aromatic carbocycles. The summed E-state index contributed by atoms with van der Waals surface area (Å²) in [5, 5.41) is 10.1. The number of carbonyl (C=O) groups is 1. The molecule has 0 saturated heterocycles. The molecule has 0 fully saturated rings. The van der Waals surface area contributed by atoms with Crippen LogP contribution in [0, 0.1) is 6.92 Å². The summed E-state index contributed by atoms with van der Waals surface area (Å²) < 4.78 is 10.2. The number of ether oxygens (including phenoxy) is 1. The number of fused-ring (bicyclic) bond motifs is 1. The molecule has 1 N–H and O–H groups in total. The van der Waals surface area contributed by atoms with Crippen LogP contribution in [0.15, 0.2) is 63.8 Å². The summed E-state index contributed by atoms with van der Waals surface area (Å²) in [4.78, 5) is 23.5. The third-order valence-electron chi connectivity index (χ3n) is 3.64. The van der Waals surface area contributed by atoms with E-state index in [-0.39, 0.29) is 17.9 Å². The Balaban J connectivity index is 1.74. The van der Waals surface area contributed by atoms with Crippen molar-refractivity contribution in [1.82, 2.24) is 0 Å². The van der Waals surface area contributed by atoms with Gasteiger partial charge in [-0.05, 0) is 30.7 Å². The number of rotatable bonds is 4. The van der Waals surface area contributed by atoms with Gasteiger partial charge in [0.2, 0.25) is 0 Å². The Bertz CT molecular complexity index is 1010. The molecule has 0 atom stereocenters. The molecule has 0 spiro atoms. The van der Waals surface area contributed by atoms with Gasteiger partial charge < -0.3 is 14.3 Å². The maximum Gasteiger partial charge on any atom is 0.336 e. The lowest BCUT2D eigenvalue weighted by Crippen LogP contribution is -2.05. The van der Waals surface area contributed by atoms with Gasteiger partial charge in [0, 0.05) is 29.2 Å². The second-order valence-corrected chi connectivity index (χ2v) is 5.63. The number of hydrogen-bond acceptors (Lipinski definition) is 5. The number of carbonyl (C=O) groups excluding carboxylic acids is 1. The first-order valence-corrected chi connectivity index (χ1v) is 7.68. The molecule has 3 rings (SSSR count). The Morgan fingerprint density at radius 2 is 2.04 bits per heavy atom. The van der Waals surface area contributed by atoms with Crippen molar-refractivity contribution >= 4 is 23.0 Å². The van der Waals surface area contributed by atoms with E-state index >= 15 is 0 Å². The van der Waals surface area contributed by atoms with E-state index in [1.165, 1.54) is 24.3 Å².